The van der Waals surface area contributed by atoms with Gasteiger partial charge in [-0.2, -0.15) is 10.5 Å². The largest absolute Gasteiger partial charge is 0.497 e. The molecule has 1 heterocycles. The molecule has 36 heavy (non-hydrogen) atoms. The van der Waals surface area contributed by atoms with Crippen molar-refractivity contribution in [2.45, 2.75) is 13.1 Å². The van der Waals surface area contributed by atoms with Gasteiger partial charge in [0.15, 0.2) is 0 Å². The third-order valence-corrected chi connectivity index (χ3v) is 5.90. The zero-order valence-electron chi connectivity index (χ0n) is 20.0. The van der Waals surface area contributed by atoms with E-state index in [-0.39, 0.29) is 12.1 Å². The van der Waals surface area contributed by atoms with E-state index in [9.17, 15) is 15.3 Å². The predicted molar refractivity (Wildman–Crippen MR) is 137 cm³/mol. The maximum absolute atomic E-state index is 12.9. The summed E-state index contributed by atoms with van der Waals surface area (Å²) >= 11 is 0. The highest BCUT2D eigenvalue weighted by molar-refractivity contribution is 6.04. The highest BCUT2D eigenvalue weighted by atomic mass is 16.5. The lowest BCUT2D eigenvalue weighted by atomic mass is 10.1. The number of nitriles is 2. The molecule has 0 aliphatic heterocycles. The number of rotatable bonds is 8. The summed E-state index contributed by atoms with van der Waals surface area (Å²) in [5.41, 5.74) is 3.94. The molecule has 0 radical (unpaired) electrons. The van der Waals surface area contributed by atoms with Crippen molar-refractivity contribution >= 4 is 22.9 Å². The summed E-state index contributed by atoms with van der Waals surface area (Å²) < 4.78 is 12.6. The zero-order chi connectivity index (χ0) is 25.5. The van der Waals surface area contributed by atoms with Gasteiger partial charge in [0.1, 0.15) is 23.1 Å². The van der Waals surface area contributed by atoms with Crippen molar-refractivity contribution in [2.24, 2.45) is 0 Å². The first-order valence-electron chi connectivity index (χ1n) is 11.2. The van der Waals surface area contributed by atoms with Crippen LogP contribution in [0.5, 0.6) is 11.5 Å². The molecule has 0 fully saturated rings. The Balaban J connectivity index is 1.61. The lowest BCUT2D eigenvalue weighted by Gasteiger charge is -2.11. The van der Waals surface area contributed by atoms with E-state index < -0.39 is 5.91 Å². The van der Waals surface area contributed by atoms with Crippen LogP contribution in [-0.2, 0) is 17.9 Å². The molecule has 7 nitrogen and oxygen atoms in total. The molecule has 0 saturated carbocycles. The summed E-state index contributed by atoms with van der Waals surface area (Å²) in [6.45, 7) is 0.682. The van der Waals surface area contributed by atoms with E-state index in [1.54, 1.807) is 44.6 Å². The van der Waals surface area contributed by atoms with Crippen molar-refractivity contribution in [1.29, 1.82) is 10.5 Å². The summed E-state index contributed by atoms with van der Waals surface area (Å²) in [6.07, 6.45) is 3.49. The summed E-state index contributed by atoms with van der Waals surface area (Å²) in [5.74, 6) is 0.744. The van der Waals surface area contributed by atoms with Gasteiger partial charge in [0, 0.05) is 47.4 Å². The number of benzene rings is 3. The number of para-hydroxylation sites is 1. The first-order chi connectivity index (χ1) is 17.6. The monoisotopic (exact) mass is 476 g/mol. The maximum atomic E-state index is 12.9. The van der Waals surface area contributed by atoms with Crippen LogP contribution in [0, 0.1) is 22.7 Å². The van der Waals surface area contributed by atoms with Crippen molar-refractivity contribution < 1.29 is 14.3 Å². The molecular formula is C29H24N4O3. The summed E-state index contributed by atoms with van der Waals surface area (Å²) in [7, 11) is 3.12. The van der Waals surface area contributed by atoms with Gasteiger partial charge in [-0.1, -0.05) is 36.4 Å². The number of fused-ring (bicyclic) bond motifs is 1. The molecule has 0 aliphatic carbocycles. The van der Waals surface area contributed by atoms with E-state index in [1.165, 1.54) is 0 Å². The van der Waals surface area contributed by atoms with Crippen LogP contribution in [0.25, 0.3) is 17.0 Å². The van der Waals surface area contributed by atoms with E-state index in [0.717, 1.165) is 27.6 Å². The molecule has 0 unspecified atom stereocenters. The number of aromatic nitrogens is 1. The maximum Gasteiger partial charge on any atom is 0.262 e. The number of carbonyl (C=O) groups is 1. The molecule has 4 aromatic rings. The van der Waals surface area contributed by atoms with Gasteiger partial charge < -0.3 is 19.4 Å². The third-order valence-electron chi connectivity index (χ3n) is 5.90. The molecule has 0 atom stereocenters. The van der Waals surface area contributed by atoms with E-state index in [4.69, 9.17) is 9.47 Å². The van der Waals surface area contributed by atoms with E-state index in [2.05, 4.69) is 11.4 Å². The minimum Gasteiger partial charge on any atom is -0.497 e. The van der Waals surface area contributed by atoms with Gasteiger partial charge in [0.2, 0.25) is 0 Å². The van der Waals surface area contributed by atoms with Crippen LogP contribution < -0.4 is 14.8 Å². The average molecular weight is 477 g/mol. The van der Waals surface area contributed by atoms with Crippen LogP contribution >= 0.6 is 0 Å². The first kappa shape index (κ1) is 24.1. The number of amides is 1. The van der Waals surface area contributed by atoms with Gasteiger partial charge in [0.05, 0.1) is 25.9 Å². The molecular weight excluding hydrogens is 452 g/mol. The van der Waals surface area contributed by atoms with Gasteiger partial charge in [-0.3, -0.25) is 4.79 Å². The molecule has 1 amide bonds. The smallest absolute Gasteiger partial charge is 0.262 e. The van der Waals surface area contributed by atoms with Crippen molar-refractivity contribution in [3.63, 3.8) is 0 Å². The van der Waals surface area contributed by atoms with Crippen LogP contribution in [0.1, 0.15) is 22.3 Å². The minimum absolute atomic E-state index is 0.0113. The van der Waals surface area contributed by atoms with Crippen LogP contribution in [0.3, 0.4) is 0 Å². The van der Waals surface area contributed by atoms with Gasteiger partial charge in [-0.05, 0) is 35.9 Å². The summed E-state index contributed by atoms with van der Waals surface area (Å²) in [5, 5.41) is 22.9. The van der Waals surface area contributed by atoms with Crippen LogP contribution in [-0.4, -0.2) is 24.7 Å². The molecule has 0 saturated heterocycles. The molecule has 0 spiro atoms. The molecule has 1 aromatic heterocycles. The Kier molecular flexibility index (Phi) is 7.33. The van der Waals surface area contributed by atoms with Crippen LogP contribution in [0.4, 0.5) is 0 Å². The van der Waals surface area contributed by atoms with Gasteiger partial charge in [-0.25, -0.2) is 0 Å². The Labute approximate surface area is 209 Å². The number of hydrogen-bond acceptors (Lipinski definition) is 5. The van der Waals surface area contributed by atoms with Crippen molar-refractivity contribution in [2.75, 3.05) is 14.2 Å². The average Bonchev–Trinajstić information content (AvgIpc) is 3.27. The third kappa shape index (κ3) is 5.06. The molecule has 4 rings (SSSR count). The zero-order valence-corrected chi connectivity index (χ0v) is 20.0. The number of carbonyl (C=O) groups excluding carboxylic acids is 1. The fourth-order valence-electron chi connectivity index (χ4n) is 4.04. The second-order valence-electron chi connectivity index (χ2n) is 8.03. The second-order valence-corrected chi connectivity index (χ2v) is 8.03. The van der Waals surface area contributed by atoms with Gasteiger partial charge in [-0.15, -0.1) is 0 Å². The predicted octanol–water partition coefficient (Wildman–Crippen LogP) is 4.80. The Morgan fingerprint density at radius 2 is 1.78 bits per heavy atom. The standard InChI is InChI=1S/C29H24N4O3/c1-35-25-12-11-21(28(14-25)36-2)17-32-29(34)23(16-31)13-24-19-33(27-10-6-5-9-26(24)27)18-22-8-4-3-7-20(22)15-30/h3-14,19H,17-18H2,1-2H3,(H,32,34)/b23-13+. The molecule has 0 bridgehead atoms. The Hall–Kier alpha value is -5.01. The summed E-state index contributed by atoms with van der Waals surface area (Å²) in [4.78, 5) is 12.9. The van der Waals surface area contributed by atoms with Gasteiger partial charge in [0.25, 0.3) is 5.91 Å². The Morgan fingerprint density at radius 1 is 1.00 bits per heavy atom. The SMILES string of the molecule is COc1ccc(CNC(=O)/C(C#N)=C/c2cn(Cc3ccccc3C#N)c3ccccc23)c(OC)c1. The lowest BCUT2D eigenvalue weighted by molar-refractivity contribution is -0.117. The first-order valence-corrected chi connectivity index (χ1v) is 11.2. The fourth-order valence-corrected chi connectivity index (χ4v) is 4.04. The molecule has 178 valence electrons. The molecule has 3 aromatic carbocycles. The molecule has 1 N–H and O–H groups in total. The van der Waals surface area contributed by atoms with E-state index in [1.807, 2.05) is 59.3 Å². The number of methoxy groups -OCH3 is 2. The number of nitrogens with zero attached hydrogens (tertiary/aromatic N) is 3. The van der Waals surface area contributed by atoms with E-state index in [0.29, 0.717) is 23.6 Å². The normalized spacial score (nSPS) is 10.9. The highest BCUT2D eigenvalue weighted by Crippen LogP contribution is 2.26. The Bertz CT molecular complexity index is 1540. The number of nitrogens with one attached hydrogen (secondary N) is 1. The topological polar surface area (TPSA) is 100 Å². The fraction of sp³-hybridized carbons (Fsp3) is 0.138. The quantitative estimate of drug-likeness (QED) is 0.291. The van der Waals surface area contributed by atoms with Crippen LogP contribution in [0.2, 0.25) is 0 Å². The van der Waals surface area contributed by atoms with Crippen molar-refractivity contribution in [3.05, 3.63) is 101 Å². The Morgan fingerprint density at radius 3 is 2.53 bits per heavy atom. The van der Waals surface area contributed by atoms with Crippen molar-refractivity contribution in [3.8, 4) is 23.6 Å². The van der Waals surface area contributed by atoms with Crippen molar-refractivity contribution in [1.82, 2.24) is 9.88 Å². The molecule has 0 aliphatic rings. The summed E-state index contributed by atoms with van der Waals surface area (Å²) in [6, 6.07) is 24.8. The lowest BCUT2D eigenvalue weighted by Crippen LogP contribution is -2.24. The molecule has 7 heteroatoms. The van der Waals surface area contributed by atoms with E-state index >= 15 is 0 Å². The highest BCUT2D eigenvalue weighted by Gasteiger charge is 2.14. The second kappa shape index (κ2) is 10.9. The van der Waals surface area contributed by atoms with Crippen LogP contribution in [0.15, 0.2) is 78.5 Å². The minimum atomic E-state index is -0.484. The number of ether oxygens (including phenoxy) is 2. The van der Waals surface area contributed by atoms with Gasteiger partial charge >= 0.3 is 0 Å². The number of hydrogen-bond donors (Lipinski definition) is 1.